The first-order chi connectivity index (χ1) is 16.9. The topological polar surface area (TPSA) is 76.8 Å². The molecule has 35 heavy (non-hydrogen) atoms. The van der Waals surface area contributed by atoms with E-state index >= 15 is 0 Å². The molecule has 1 saturated heterocycles. The van der Waals surface area contributed by atoms with Gasteiger partial charge in [0.1, 0.15) is 10.1 Å². The molecule has 0 spiro atoms. The highest BCUT2D eigenvalue weighted by Gasteiger charge is 2.32. The summed E-state index contributed by atoms with van der Waals surface area (Å²) in [5, 5.41) is 2.40. The molecule has 0 aliphatic carbocycles. The number of hydrogen-bond acceptors (Lipinski definition) is 9. The van der Waals surface area contributed by atoms with Crippen molar-refractivity contribution in [3.05, 3.63) is 78.4 Å². The van der Waals surface area contributed by atoms with E-state index in [9.17, 15) is 14.4 Å². The number of carbonyl (C=O) groups is 2. The van der Waals surface area contributed by atoms with Gasteiger partial charge in [-0.15, -0.1) is 11.3 Å². The van der Waals surface area contributed by atoms with Gasteiger partial charge in [0.05, 0.1) is 16.0 Å². The van der Waals surface area contributed by atoms with Gasteiger partial charge >= 0.3 is 10.9 Å². The highest BCUT2D eigenvalue weighted by Crippen LogP contribution is 2.38. The Hall–Kier alpha value is -2.76. The molecule has 1 aliphatic heterocycles. The Morgan fingerprint density at radius 1 is 1.14 bits per heavy atom. The lowest BCUT2D eigenvalue weighted by Gasteiger charge is -2.14. The van der Waals surface area contributed by atoms with Crippen molar-refractivity contribution in [3.63, 3.8) is 0 Å². The number of amides is 1. The van der Waals surface area contributed by atoms with E-state index in [1.54, 1.807) is 36.4 Å². The molecule has 2 aromatic heterocycles. The van der Waals surface area contributed by atoms with E-state index in [0.717, 1.165) is 16.2 Å². The lowest BCUT2D eigenvalue weighted by molar-refractivity contribution is -0.134. The predicted octanol–water partition coefficient (Wildman–Crippen LogP) is 6.43. The molecule has 0 saturated carbocycles. The Morgan fingerprint density at radius 3 is 2.74 bits per heavy atom. The van der Waals surface area contributed by atoms with Gasteiger partial charge in [0.15, 0.2) is 5.58 Å². The monoisotopic (exact) mass is 559 g/mol. The maximum atomic E-state index is 12.7. The highest BCUT2D eigenvalue weighted by atomic mass is 35.5. The van der Waals surface area contributed by atoms with Gasteiger partial charge in [-0.1, -0.05) is 71.2 Å². The molecular weight excluding hydrogens is 546 g/mol. The van der Waals surface area contributed by atoms with E-state index in [2.05, 4.69) is 0 Å². The van der Waals surface area contributed by atoms with E-state index < -0.39 is 10.9 Å². The number of carbonyl (C=O) groups excluding carboxylic acids is 2. The van der Waals surface area contributed by atoms with Crippen LogP contribution in [0.3, 0.4) is 0 Å². The Labute approximate surface area is 221 Å². The van der Waals surface area contributed by atoms with Crippen LogP contribution in [-0.4, -0.2) is 27.6 Å². The van der Waals surface area contributed by atoms with Crippen LogP contribution in [0, 0.1) is 0 Å². The van der Waals surface area contributed by atoms with Gasteiger partial charge in [0.2, 0.25) is 0 Å². The number of fused-ring (bicyclic) bond motifs is 1. The number of esters is 1. The summed E-state index contributed by atoms with van der Waals surface area (Å²) in [4.78, 5) is 39.7. The lowest BCUT2D eigenvalue weighted by Crippen LogP contribution is -2.31. The maximum absolute atomic E-state index is 12.7. The molecule has 0 N–H and O–H groups in total. The van der Waals surface area contributed by atoms with Crippen LogP contribution < -0.4 is 9.68 Å². The fourth-order valence-corrected chi connectivity index (χ4v) is 6.46. The molecule has 1 aliphatic rings. The first-order valence-electron chi connectivity index (χ1n) is 10.2. The summed E-state index contributed by atoms with van der Waals surface area (Å²) in [7, 11) is 0. The second-order valence-electron chi connectivity index (χ2n) is 7.30. The minimum Gasteiger partial charge on any atom is -0.426 e. The van der Waals surface area contributed by atoms with Crippen LogP contribution in [0.25, 0.3) is 27.5 Å². The van der Waals surface area contributed by atoms with Crippen LogP contribution in [0.2, 0.25) is 5.02 Å². The Morgan fingerprint density at radius 2 is 1.97 bits per heavy atom. The Kier molecular flexibility index (Phi) is 6.90. The van der Waals surface area contributed by atoms with Crippen LogP contribution in [-0.2, 0) is 9.59 Å². The van der Waals surface area contributed by atoms with Crippen molar-refractivity contribution in [1.29, 1.82) is 0 Å². The molecule has 2 aromatic carbocycles. The Bertz CT molecular complexity index is 1550. The van der Waals surface area contributed by atoms with Gasteiger partial charge < -0.3 is 9.15 Å². The molecule has 176 valence electrons. The molecular formula is C24H14ClNO5S4. The van der Waals surface area contributed by atoms with Gasteiger partial charge in [-0.25, -0.2) is 4.79 Å². The zero-order chi connectivity index (χ0) is 24.5. The van der Waals surface area contributed by atoms with Crippen molar-refractivity contribution in [1.82, 2.24) is 4.90 Å². The highest BCUT2D eigenvalue weighted by molar-refractivity contribution is 8.26. The average Bonchev–Trinajstić information content (AvgIpc) is 3.52. The molecule has 4 aromatic rings. The van der Waals surface area contributed by atoms with Crippen molar-refractivity contribution in [2.24, 2.45) is 0 Å². The molecule has 0 bridgehead atoms. The van der Waals surface area contributed by atoms with Gasteiger partial charge in [0, 0.05) is 33.6 Å². The summed E-state index contributed by atoms with van der Waals surface area (Å²) in [6, 6.07) is 14.1. The fraction of sp³-hybridized carbons (Fsp3) is 0.0833. The van der Waals surface area contributed by atoms with E-state index in [1.807, 2.05) is 23.6 Å². The quantitative estimate of drug-likeness (QED) is 0.116. The zero-order valence-electron chi connectivity index (χ0n) is 17.7. The van der Waals surface area contributed by atoms with Crippen molar-refractivity contribution in [3.8, 4) is 16.9 Å². The number of thiophene rings is 1. The number of nitrogens with zero attached hydrogens (tertiary/aromatic N) is 1. The smallest absolute Gasteiger partial charge is 0.396 e. The standard InChI is InChI=1S/C24H14ClNO5S4/c25-17-6-2-1-5-15(17)16-10-13(11-18-21(16)31-24(29)35-18)30-20(27)7-8-26-22(28)19(34-23(26)32)12-14-4-3-9-33-14/h1-6,9-12H,7-8H2. The van der Waals surface area contributed by atoms with Crippen molar-refractivity contribution in [2.75, 3.05) is 6.54 Å². The normalized spacial score (nSPS) is 14.9. The third-order valence-corrected chi connectivity index (χ3v) is 8.33. The molecule has 11 heteroatoms. The SMILES string of the molecule is O=C(CCN1C(=O)C(=Cc2cccs2)SC1=S)Oc1cc(-c2ccccc2Cl)c2oc(=O)sc2c1. The second-order valence-corrected chi connectivity index (χ2v) is 11.3. The number of hydrogen-bond donors (Lipinski definition) is 0. The summed E-state index contributed by atoms with van der Waals surface area (Å²) in [5.74, 6) is -0.522. The third kappa shape index (κ3) is 5.12. The maximum Gasteiger partial charge on any atom is 0.396 e. The van der Waals surface area contributed by atoms with Gasteiger partial charge in [-0.2, -0.15) is 0 Å². The molecule has 1 fully saturated rings. The van der Waals surface area contributed by atoms with Crippen LogP contribution >= 0.6 is 58.3 Å². The molecule has 6 nitrogen and oxygen atoms in total. The molecule has 0 radical (unpaired) electrons. The van der Waals surface area contributed by atoms with Crippen LogP contribution in [0.5, 0.6) is 5.75 Å². The second kappa shape index (κ2) is 10.1. The molecule has 0 atom stereocenters. The average molecular weight is 560 g/mol. The summed E-state index contributed by atoms with van der Waals surface area (Å²) >= 11 is 15.3. The van der Waals surface area contributed by atoms with Crippen LogP contribution in [0.4, 0.5) is 0 Å². The summed E-state index contributed by atoms with van der Waals surface area (Å²) in [5.41, 5.74) is 1.57. The van der Waals surface area contributed by atoms with Crippen molar-refractivity contribution >= 4 is 90.8 Å². The van der Waals surface area contributed by atoms with Crippen molar-refractivity contribution in [2.45, 2.75) is 6.42 Å². The zero-order valence-corrected chi connectivity index (χ0v) is 21.7. The minimum absolute atomic E-state index is 0.0557. The number of thioether (sulfide) groups is 1. The summed E-state index contributed by atoms with van der Waals surface area (Å²) in [6.07, 6.45) is 1.74. The Balaban J connectivity index is 1.32. The van der Waals surface area contributed by atoms with Crippen LogP contribution in [0.15, 0.2) is 68.0 Å². The summed E-state index contributed by atoms with van der Waals surface area (Å²) < 4.78 is 11.8. The van der Waals surface area contributed by atoms with Gasteiger partial charge in [-0.05, 0) is 29.7 Å². The summed E-state index contributed by atoms with van der Waals surface area (Å²) in [6.45, 7) is 0.101. The molecule has 3 heterocycles. The molecule has 1 amide bonds. The van der Waals surface area contributed by atoms with E-state index in [0.29, 0.717) is 35.7 Å². The minimum atomic E-state index is -0.540. The number of ether oxygens (including phenoxy) is 1. The largest absolute Gasteiger partial charge is 0.426 e. The number of halogens is 1. The first kappa shape index (κ1) is 24.0. The first-order valence-corrected chi connectivity index (χ1v) is 13.5. The molecule has 0 unspecified atom stereocenters. The number of thiocarbonyl (C=S) groups is 1. The van der Waals surface area contributed by atoms with E-state index in [-0.39, 0.29) is 24.6 Å². The van der Waals surface area contributed by atoms with Crippen LogP contribution in [0.1, 0.15) is 11.3 Å². The number of rotatable bonds is 6. The van der Waals surface area contributed by atoms with Crippen molar-refractivity contribution < 1.29 is 18.7 Å². The van der Waals surface area contributed by atoms with Gasteiger partial charge in [0.25, 0.3) is 5.91 Å². The van der Waals surface area contributed by atoms with E-state index in [4.69, 9.17) is 33.0 Å². The van der Waals surface area contributed by atoms with Gasteiger partial charge in [-0.3, -0.25) is 14.5 Å². The van der Waals surface area contributed by atoms with E-state index in [1.165, 1.54) is 28.0 Å². The third-order valence-electron chi connectivity index (χ3n) is 5.03. The number of benzene rings is 2. The fourth-order valence-electron chi connectivity index (χ4n) is 3.47. The predicted molar refractivity (Wildman–Crippen MR) is 145 cm³/mol. The lowest BCUT2D eigenvalue weighted by atomic mass is 10.0. The molecule has 5 rings (SSSR count).